The quantitative estimate of drug-likeness (QED) is 0.146. The molecule has 0 aliphatic rings. The van der Waals surface area contributed by atoms with Crippen LogP contribution in [-0.2, 0) is 30.4 Å². The lowest BCUT2D eigenvalue weighted by Crippen LogP contribution is -2.59. The van der Waals surface area contributed by atoms with Crippen LogP contribution in [-0.4, -0.2) is 80.6 Å². The fraction of sp³-hybridized carbons (Fsp3) is 0.556. The highest BCUT2D eigenvalue weighted by Gasteiger charge is 2.32. The Morgan fingerprint density at radius 1 is 1.06 bits per heavy atom. The first-order chi connectivity index (χ1) is 15.0. The van der Waals surface area contributed by atoms with Gasteiger partial charge in [-0.25, -0.2) is 9.78 Å². The fourth-order valence-corrected chi connectivity index (χ4v) is 2.65. The summed E-state index contributed by atoms with van der Waals surface area (Å²) >= 11 is 0. The van der Waals surface area contributed by atoms with Crippen LogP contribution in [0.15, 0.2) is 12.5 Å². The molecule has 4 atom stereocenters. The van der Waals surface area contributed by atoms with Gasteiger partial charge in [0.15, 0.2) is 0 Å². The maximum absolute atomic E-state index is 12.9. The average Bonchev–Trinajstić information content (AvgIpc) is 3.21. The lowest BCUT2D eigenvalue weighted by Gasteiger charge is -2.26. The summed E-state index contributed by atoms with van der Waals surface area (Å²) < 4.78 is 0. The number of imidazole rings is 1. The van der Waals surface area contributed by atoms with E-state index >= 15 is 0 Å². The topological polar surface area (TPSA) is 243 Å². The molecule has 14 heteroatoms. The highest BCUT2D eigenvalue weighted by molar-refractivity contribution is 5.95. The van der Waals surface area contributed by atoms with E-state index in [0.717, 1.165) is 0 Å². The molecule has 0 aliphatic carbocycles. The van der Waals surface area contributed by atoms with Gasteiger partial charge in [0.2, 0.25) is 23.6 Å². The zero-order valence-electron chi connectivity index (χ0n) is 17.7. The number of nitrogens with zero attached hydrogens (tertiary/aromatic N) is 1. The maximum Gasteiger partial charge on any atom is 0.328 e. The molecule has 178 valence electrons. The number of carboxylic acid groups (broad SMARTS) is 1. The van der Waals surface area contributed by atoms with Gasteiger partial charge >= 0.3 is 5.97 Å². The normalized spacial score (nSPS) is 14.7. The Kier molecular flexibility index (Phi) is 10.2. The highest BCUT2D eigenvalue weighted by atomic mass is 16.4. The Labute approximate surface area is 183 Å². The van der Waals surface area contributed by atoms with Crippen molar-refractivity contribution in [2.45, 2.75) is 50.9 Å². The van der Waals surface area contributed by atoms with Crippen molar-refractivity contribution in [3.05, 3.63) is 18.2 Å². The van der Waals surface area contributed by atoms with E-state index in [1.54, 1.807) is 13.8 Å². The molecule has 10 N–H and O–H groups in total. The zero-order chi connectivity index (χ0) is 24.4. The first kappa shape index (κ1) is 26.5. The van der Waals surface area contributed by atoms with E-state index in [4.69, 9.17) is 21.7 Å². The predicted molar refractivity (Wildman–Crippen MR) is 109 cm³/mol. The monoisotopic (exact) mass is 455 g/mol. The van der Waals surface area contributed by atoms with Crippen molar-refractivity contribution in [2.75, 3.05) is 6.61 Å². The molecule has 0 saturated carbocycles. The Hall–Kier alpha value is -3.52. The van der Waals surface area contributed by atoms with Crippen molar-refractivity contribution >= 4 is 29.6 Å². The number of nitrogens with two attached hydrogens (primary N) is 2. The van der Waals surface area contributed by atoms with Crippen LogP contribution in [0.2, 0.25) is 0 Å². The summed E-state index contributed by atoms with van der Waals surface area (Å²) in [6.45, 7) is 2.39. The van der Waals surface area contributed by atoms with Crippen LogP contribution in [0, 0.1) is 5.92 Å². The number of primary amides is 1. The van der Waals surface area contributed by atoms with Crippen molar-refractivity contribution < 1.29 is 34.2 Å². The molecule has 0 bridgehead atoms. The van der Waals surface area contributed by atoms with E-state index in [1.165, 1.54) is 12.5 Å². The summed E-state index contributed by atoms with van der Waals surface area (Å²) in [4.78, 5) is 66.4. The number of hydrogen-bond donors (Lipinski definition) is 8. The summed E-state index contributed by atoms with van der Waals surface area (Å²) in [7, 11) is 0. The number of hydrogen-bond acceptors (Lipinski definition) is 8. The zero-order valence-corrected chi connectivity index (χ0v) is 17.7. The minimum Gasteiger partial charge on any atom is -0.480 e. The van der Waals surface area contributed by atoms with Gasteiger partial charge in [-0.05, 0) is 5.92 Å². The molecular weight excluding hydrogens is 426 g/mol. The molecule has 1 aromatic rings. The number of nitrogens with one attached hydrogen (secondary N) is 4. The van der Waals surface area contributed by atoms with E-state index in [9.17, 15) is 24.0 Å². The number of aliphatic hydroxyl groups excluding tert-OH is 1. The molecule has 0 aromatic carbocycles. The average molecular weight is 455 g/mol. The molecular formula is C18H29N7O7. The number of carbonyl (C=O) groups is 5. The number of rotatable bonds is 13. The van der Waals surface area contributed by atoms with Crippen molar-refractivity contribution in [2.24, 2.45) is 17.4 Å². The summed E-state index contributed by atoms with van der Waals surface area (Å²) in [5.41, 5.74) is 11.2. The first-order valence-corrected chi connectivity index (χ1v) is 9.72. The number of aliphatic hydroxyl groups is 1. The molecule has 1 heterocycles. The fourth-order valence-electron chi connectivity index (χ4n) is 2.65. The number of carboxylic acids is 1. The molecule has 4 unspecified atom stereocenters. The SMILES string of the molecule is CC(C)C(NC(=O)C(Cc1cnc[nH]1)NC(=O)C(N)CC(N)=O)C(=O)NC(CO)C(=O)O. The van der Waals surface area contributed by atoms with Crippen LogP contribution in [0.25, 0.3) is 0 Å². The standard InChI is InChI=1S/C18H29N7O7/c1-8(2)14(17(30)24-12(6-26)18(31)32)25-16(29)11(3-9-5-21-7-22-9)23-15(28)10(19)4-13(20)27/h5,7-8,10-12,14,26H,3-4,6,19H2,1-2H3,(H2,20,27)(H,21,22)(H,23,28)(H,24,30)(H,25,29)(H,31,32). The number of aliphatic carboxylic acids is 1. The van der Waals surface area contributed by atoms with E-state index in [1.807, 2.05) is 0 Å². The molecule has 1 aromatic heterocycles. The predicted octanol–water partition coefficient (Wildman–Crippen LogP) is -3.66. The molecule has 0 saturated heterocycles. The van der Waals surface area contributed by atoms with Crippen molar-refractivity contribution in [1.29, 1.82) is 0 Å². The molecule has 1 rings (SSSR count). The van der Waals surface area contributed by atoms with E-state index in [0.29, 0.717) is 5.69 Å². The van der Waals surface area contributed by atoms with Crippen LogP contribution in [0.1, 0.15) is 26.0 Å². The lowest BCUT2D eigenvalue weighted by atomic mass is 10.0. The van der Waals surface area contributed by atoms with Crippen LogP contribution < -0.4 is 27.4 Å². The minimum absolute atomic E-state index is 0.0400. The molecule has 0 radical (unpaired) electrons. The molecule has 0 fully saturated rings. The Morgan fingerprint density at radius 2 is 1.69 bits per heavy atom. The third kappa shape index (κ3) is 8.31. The van der Waals surface area contributed by atoms with E-state index in [-0.39, 0.29) is 6.42 Å². The van der Waals surface area contributed by atoms with Gasteiger partial charge in [-0.15, -0.1) is 0 Å². The Bertz CT molecular complexity index is 813. The van der Waals surface area contributed by atoms with Crippen molar-refractivity contribution in [3.8, 4) is 0 Å². The Balaban J connectivity index is 2.99. The minimum atomic E-state index is -1.55. The summed E-state index contributed by atoms with van der Waals surface area (Å²) in [6, 6.07) is -5.21. The van der Waals surface area contributed by atoms with Crippen LogP contribution >= 0.6 is 0 Å². The van der Waals surface area contributed by atoms with E-state index in [2.05, 4.69) is 25.9 Å². The van der Waals surface area contributed by atoms with Gasteiger partial charge in [0.25, 0.3) is 0 Å². The second kappa shape index (κ2) is 12.4. The van der Waals surface area contributed by atoms with Gasteiger partial charge in [-0.3, -0.25) is 19.2 Å². The largest absolute Gasteiger partial charge is 0.480 e. The molecule has 4 amide bonds. The maximum atomic E-state index is 12.9. The van der Waals surface area contributed by atoms with E-state index < -0.39 is 72.7 Å². The van der Waals surface area contributed by atoms with Gasteiger partial charge in [-0.1, -0.05) is 13.8 Å². The lowest BCUT2D eigenvalue weighted by molar-refractivity contribution is -0.143. The van der Waals surface area contributed by atoms with Gasteiger partial charge in [0, 0.05) is 18.3 Å². The second-order valence-corrected chi connectivity index (χ2v) is 7.43. The van der Waals surface area contributed by atoms with Gasteiger partial charge < -0.3 is 42.6 Å². The first-order valence-electron chi connectivity index (χ1n) is 9.72. The second-order valence-electron chi connectivity index (χ2n) is 7.43. The van der Waals surface area contributed by atoms with Crippen molar-refractivity contribution in [3.63, 3.8) is 0 Å². The van der Waals surface area contributed by atoms with Gasteiger partial charge in [0.1, 0.15) is 18.1 Å². The molecule has 0 aliphatic heterocycles. The molecule has 0 spiro atoms. The summed E-state index contributed by atoms with van der Waals surface area (Å²) in [5.74, 6) is -5.10. The number of H-pyrrole nitrogens is 1. The molecule has 14 nitrogen and oxygen atoms in total. The van der Waals surface area contributed by atoms with Crippen LogP contribution in [0.5, 0.6) is 0 Å². The Morgan fingerprint density at radius 3 is 2.16 bits per heavy atom. The smallest absolute Gasteiger partial charge is 0.328 e. The number of aromatic amines is 1. The number of carbonyl (C=O) groups excluding carboxylic acids is 4. The number of amides is 4. The number of aromatic nitrogens is 2. The van der Waals surface area contributed by atoms with Crippen LogP contribution in [0.3, 0.4) is 0 Å². The van der Waals surface area contributed by atoms with Crippen molar-refractivity contribution in [1.82, 2.24) is 25.9 Å². The van der Waals surface area contributed by atoms with Crippen LogP contribution in [0.4, 0.5) is 0 Å². The van der Waals surface area contributed by atoms with Gasteiger partial charge in [0.05, 0.1) is 25.4 Å². The third-order valence-electron chi connectivity index (χ3n) is 4.41. The summed E-state index contributed by atoms with van der Waals surface area (Å²) in [6.07, 6.45) is 2.33. The molecule has 32 heavy (non-hydrogen) atoms. The van der Waals surface area contributed by atoms with Gasteiger partial charge in [-0.2, -0.15) is 0 Å². The third-order valence-corrected chi connectivity index (χ3v) is 4.41. The highest BCUT2D eigenvalue weighted by Crippen LogP contribution is 2.06. The summed E-state index contributed by atoms with van der Waals surface area (Å²) in [5, 5.41) is 25.1.